The summed E-state index contributed by atoms with van der Waals surface area (Å²) < 4.78 is 7.56. The van der Waals surface area contributed by atoms with Crippen LogP contribution in [0.3, 0.4) is 0 Å². The Morgan fingerprint density at radius 2 is 2.07 bits per heavy atom. The van der Waals surface area contributed by atoms with E-state index in [0.717, 1.165) is 69.7 Å². The smallest absolute Gasteiger partial charge is 0.191 e. The Balaban J connectivity index is 1.55. The van der Waals surface area contributed by atoms with Crippen molar-refractivity contribution in [1.82, 2.24) is 24.9 Å². The van der Waals surface area contributed by atoms with Crippen molar-refractivity contribution in [2.75, 3.05) is 45.9 Å². The summed E-state index contributed by atoms with van der Waals surface area (Å²) in [4.78, 5) is 12.0. The molecule has 3 rings (SSSR count). The van der Waals surface area contributed by atoms with Gasteiger partial charge in [-0.3, -0.25) is 9.89 Å². The molecule has 0 radical (unpaired) electrons. The highest BCUT2D eigenvalue weighted by Crippen LogP contribution is 2.13. The van der Waals surface area contributed by atoms with Crippen molar-refractivity contribution in [3.63, 3.8) is 0 Å². The number of nitrogens with zero attached hydrogens (tertiary/aromatic N) is 4. The van der Waals surface area contributed by atoms with Gasteiger partial charge < -0.3 is 19.8 Å². The van der Waals surface area contributed by atoms with E-state index in [1.807, 2.05) is 24.4 Å². The number of morpholine rings is 1. The third-order valence-corrected chi connectivity index (χ3v) is 5.15. The van der Waals surface area contributed by atoms with Crippen LogP contribution >= 0.6 is 0 Å². The summed E-state index contributed by atoms with van der Waals surface area (Å²) in [6.45, 7) is 12.7. The number of aliphatic imine (C=N–C) groups is 1. The Labute approximate surface area is 168 Å². The van der Waals surface area contributed by atoms with Gasteiger partial charge in [0.25, 0.3) is 0 Å². The molecule has 7 heteroatoms. The summed E-state index contributed by atoms with van der Waals surface area (Å²) in [6, 6.07) is 6.50. The molecular weight excluding hydrogens is 352 g/mol. The molecule has 0 bridgehead atoms. The number of fused-ring (bicyclic) bond motifs is 1. The topological polar surface area (TPSA) is 66.2 Å². The molecule has 0 aliphatic carbocycles. The van der Waals surface area contributed by atoms with Gasteiger partial charge in [0, 0.05) is 51.0 Å². The number of rotatable bonds is 8. The van der Waals surface area contributed by atoms with Gasteiger partial charge in [0.1, 0.15) is 5.65 Å². The van der Waals surface area contributed by atoms with Crippen LogP contribution in [-0.4, -0.2) is 72.2 Å². The lowest BCUT2D eigenvalue weighted by Gasteiger charge is -2.36. The standard InChI is InChI=1S/C21H34N6O/c1-4-22-21(24-15-19(17(2)3)26-11-13-28-14-12-26)23-9-8-18-16-27-10-6-5-7-20(27)25-18/h5-7,10,16-17,19H,4,8-9,11-15H2,1-3H3,(H2,22,23,24). The molecule has 1 unspecified atom stereocenters. The minimum Gasteiger partial charge on any atom is -0.379 e. The lowest BCUT2D eigenvalue weighted by Crippen LogP contribution is -2.48. The molecule has 0 saturated carbocycles. The number of hydrogen-bond acceptors (Lipinski definition) is 4. The SMILES string of the molecule is CCNC(=NCC(C(C)C)N1CCOCC1)NCCc1cn2ccccc2n1. The van der Waals surface area contributed by atoms with E-state index in [1.54, 1.807) is 0 Å². The number of guanidine groups is 1. The molecule has 2 N–H and O–H groups in total. The normalized spacial score (nSPS) is 17.2. The zero-order chi connectivity index (χ0) is 19.8. The minimum atomic E-state index is 0.442. The molecule has 1 saturated heterocycles. The van der Waals surface area contributed by atoms with E-state index in [9.17, 15) is 0 Å². The van der Waals surface area contributed by atoms with Crippen LogP contribution in [0.25, 0.3) is 5.65 Å². The number of aromatic nitrogens is 2. The Bertz CT molecular complexity index is 717. The number of hydrogen-bond donors (Lipinski definition) is 2. The van der Waals surface area contributed by atoms with Crippen molar-refractivity contribution in [3.8, 4) is 0 Å². The Morgan fingerprint density at radius 1 is 1.25 bits per heavy atom. The second kappa shape index (κ2) is 10.4. The van der Waals surface area contributed by atoms with Gasteiger partial charge in [-0.1, -0.05) is 19.9 Å². The minimum absolute atomic E-state index is 0.442. The molecule has 0 amide bonds. The summed E-state index contributed by atoms with van der Waals surface area (Å²) in [5.74, 6) is 1.44. The lowest BCUT2D eigenvalue weighted by atomic mass is 10.0. The summed E-state index contributed by atoms with van der Waals surface area (Å²) >= 11 is 0. The van der Waals surface area contributed by atoms with Crippen molar-refractivity contribution >= 4 is 11.6 Å². The number of imidazole rings is 1. The second-order valence-corrected chi connectivity index (χ2v) is 7.55. The van der Waals surface area contributed by atoms with Gasteiger partial charge >= 0.3 is 0 Å². The Kier molecular flexibility index (Phi) is 7.68. The third kappa shape index (κ3) is 5.69. The summed E-state index contributed by atoms with van der Waals surface area (Å²) in [6.07, 6.45) is 4.99. The molecule has 28 heavy (non-hydrogen) atoms. The van der Waals surface area contributed by atoms with E-state index in [4.69, 9.17) is 9.73 Å². The van der Waals surface area contributed by atoms with Crippen LogP contribution < -0.4 is 10.6 Å². The number of pyridine rings is 1. The molecule has 0 spiro atoms. The number of nitrogens with one attached hydrogen (secondary N) is 2. The molecule has 154 valence electrons. The van der Waals surface area contributed by atoms with Crippen molar-refractivity contribution in [1.29, 1.82) is 0 Å². The Morgan fingerprint density at radius 3 is 2.79 bits per heavy atom. The molecule has 1 fully saturated rings. The van der Waals surface area contributed by atoms with Gasteiger partial charge in [0.15, 0.2) is 5.96 Å². The first kappa shape index (κ1) is 20.6. The highest BCUT2D eigenvalue weighted by atomic mass is 16.5. The van der Waals surface area contributed by atoms with E-state index in [0.29, 0.717) is 12.0 Å². The first-order chi connectivity index (χ1) is 13.7. The molecule has 1 aliphatic heterocycles. The average molecular weight is 387 g/mol. The third-order valence-electron chi connectivity index (χ3n) is 5.15. The fraction of sp³-hybridized carbons (Fsp3) is 0.619. The largest absolute Gasteiger partial charge is 0.379 e. The molecule has 3 heterocycles. The highest BCUT2D eigenvalue weighted by molar-refractivity contribution is 5.79. The molecule has 7 nitrogen and oxygen atoms in total. The van der Waals surface area contributed by atoms with Gasteiger partial charge in [0.2, 0.25) is 0 Å². The maximum absolute atomic E-state index is 5.50. The van der Waals surface area contributed by atoms with Crippen LogP contribution in [0, 0.1) is 5.92 Å². The molecular formula is C21H34N6O. The van der Waals surface area contributed by atoms with Gasteiger partial charge in [-0.05, 0) is 25.0 Å². The van der Waals surface area contributed by atoms with E-state index >= 15 is 0 Å². The zero-order valence-corrected chi connectivity index (χ0v) is 17.4. The van der Waals surface area contributed by atoms with E-state index in [2.05, 4.69) is 51.9 Å². The van der Waals surface area contributed by atoms with Crippen LogP contribution in [0.15, 0.2) is 35.6 Å². The Hall–Kier alpha value is -2.12. The van der Waals surface area contributed by atoms with E-state index < -0.39 is 0 Å². The number of ether oxygens (including phenoxy) is 1. The predicted octanol–water partition coefficient (Wildman–Crippen LogP) is 1.79. The van der Waals surface area contributed by atoms with Gasteiger partial charge in [-0.15, -0.1) is 0 Å². The maximum Gasteiger partial charge on any atom is 0.191 e. The molecule has 2 aromatic heterocycles. The quantitative estimate of drug-likeness (QED) is 0.535. The lowest BCUT2D eigenvalue weighted by molar-refractivity contribution is 0.00867. The van der Waals surface area contributed by atoms with Gasteiger partial charge in [-0.2, -0.15) is 0 Å². The van der Waals surface area contributed by atoms with Crippen molar-refractivity contribution in [3.05, 3.63) is 36.3 Å². The zero-order valence-electron chi connectivity index (χ0n) is 17.4. The van der Waals surface area contributed by atoms with Crippen molar-refractivity contribution < 1.29 is 4.74 Å². The fourth-order valence-corrected chi connectivity index (χ4v) is 3.60. The van der Waals surface area contributed by atoms with Crippen molar-refractivity contribution in [2.24, 2.45) is 10.9 Å². The summed E-state index contributed by atoms with van der Waals surface area (Å²) in [7, 11) is 0. The highest BCUT2D eigenvalue weighted by Gasteiger charge is 2.23. The van der Waals surface area contributed by atoms with Crippen LogP contribution in [0.5, 0.6) is 0 Å². The van der Waals surface area contributed by atoms with Gasteiger partial charge in [-0.25, -0.2) is 4.98 Å². The fourth-order valence-electron chi connectivity index (χ4n) is 3.60. The second-order valence-electron chi connectivity index (χ2n) is 7.55. The molecule has 0 aromatic carbocycles. The first-order valence-electron chi connectivity index (χ1n) is 10.4. The average Bonchev–Trinajstić information content (AvgIpc) is 3.11. The first-order valence-corrected chi connectivity index (χ1v) is 10.4. The van der Waals surface area contributed by atoms with Gasteiger partial charge in [0.05, 0.1) is 25.5 Å². The molecule has 1 aliphatic rings. The summed E-state index contributed by atoms with van der Waals surface area (Å²) in [5, 5.41) is 6.82. The predicted molar refractivity (Wildman–Crippen MR) is 114 cm³/mol. The van der Waals surface area contributed by atoms with Crippen LogP contribution in [0.4, 0.5) is 0 Å². The summed E-state index contributed by atoms with van der Waals surface area (Å²) in [5.41, 5.74) is 2.08. The molecule has 1 atom stereocenters. The van der Waals surface area contributed by atoms with Crippen LogP contribution in [0.2, 0.25) is 0 Å². The van der Waals surface area contributed by atoms with Crippen LogP contribution in [-0.2, 0) is 11.2 Å². The maximum atomic E-state index is 5.50. The van der Waals surface area contributed by atoms with E-state index in [1.165, 1.54) is 0 Å². The van der Waals surface area contributed by atoms with Crippen LogP contribution in [0.1, 0.15) is 26.5 Å². The van der Waals surface area contributed by atoms with Crippen molar-refractivity contribution in [2.45, 2.75) is 33.2 Å². The monoisotopic (exact) mass is 386 g/mol. The van der Waals surface area contributed by atoms with E-state index in [-0.39, 0.29) is 0 Å². The molecule has 2 aromatic rings.